The number of hydrogen-bond acceptors (Lipinski definition) is 5. The van der Waals surface area contributed by atoms with E-state index >= 15 is 0 Å². The molecule has 5 aromatic rings. The van der Waals surface area contributed by atoms with Gasteiger partial charge in [-0.25, -0.2) is 4.98 Å². The van der Waals surface area contributed by atoms with Crippen molar-refractivity contribution in [3.8, 4) is 23.1 Å². The van der Waals surface area contributed by atoms with E-state index in [9.17, 15) is 10.4 Å². The van der Waals surface area contributed by atoms with Crippen LogP contribution in [0.3, 0.4) is 0 Å². The number of para-hydroxylation sites is 1. The Hall–Kier alpha value is -4.00. The molecule has 0 bridgehead atoms. The van der Waals surface area contributed by atoms with Crippen LogP contribution in [0.4, 0.5) is 17.2 Å². The van der Waals surface area contributed by atoms with Gasteiger partial charge in [0.2, 0.25) is 0 Å². The Morgan fingerprint density at radius 2 is 1.78 bits per heavy atom. The molecule has 1 aliphatic rings. The van der Waals surface area contributed by atoms with Gasteiger partial charge in [-0.3, -0.25) is 4.98 Å². The van der Waals surface area contributed by atoms with Gasteiger partial charge in [-0.2, -0.15) is 5.26 Å². The third-order valence-corrected chi connectivity index (χ3v) is 7.00. The number of hydrogen-bond donors (Lipinski definition) is 1. The fourth-order valence-electron chi connectivity index (χ4n) is 5.11. The number of anilines is 3. The van der Waals surface area contributed by atoms with Crippen LogP contribution in [0.25, 0.3) is 22.2 Å². The number of rotatable bonds is 2. The van der Waals surface area contributed by atoms with E-state index in [4.69, 9.17) is 9.97 Å². The van der Waals surface area contributed by atoms with E-state index in [0.29, 0.717) is 22.2 Å². The molecular formula is C31H23N4OPt-. The maximum Gasteiger partial charge on any atom is 0.140 e. The van der Waals surface area contributed by atoms with Crippen molar-refractivity contribution in [3.63, 3.8) is 0 Å². The van der Waals surface area contributed by atoms with Crippen LogP contribution < -0.4 is 4.90 Å². The number of phenols is 1. The Morgan fingerprint density at radius 1 is 0.973 bits per heavy atom. The molecule has 0 amide bonds. The first-order valence-corrected chi connectivity index (χ1v) is 11.8. The predicted octanol–water partition coefficient (Wildman–Crippen LogP) is 7.09. The second-order valence-electron chi connectivity index (χ2n) is 9.64. The molecule has 3 aromatic carbocycles. The van der Waals surface area contributed by atoms with Gasteiger partial charge >= 0.3 is 0 Å². The van der Waals surface area contributed by atoms with Crippen molar-refractivity contribution >= 4 is 28.1 Å². The first-order chi connectivity index (χ1) is 17.4. The zero-order valence-corrected chi connectivity index (χ0v) is 22.8. The average Bonchev–Trinajstić information content (AvgIpc) is 2.89. The Morgan fingerprint density at radius 3 is 2.57 bits per heavy atom. The molecule has 0 saturated carbocycles. The molecule has 0 atom stereocenters. The van der Waals surface area contributed by atoms with Crippen molar-refractivity contribution in [1.29, 1.82) is 5.26 Å². The summed E-state index contributed by atoms with van der Waals surface area (Å²) in [6.07, 6.45) is 1.83. The number of fused-ring (bicyclic) bond motifs is 3. The van der Waals surface area contributed by atoms with Gasteiger partial charge < -0.3 is 10.0 Å². The van der Waals surface area contributed by atoms with E-state index in [0.717, 1.165) is 33.9 Å². The van der Waals surface area contributed by atoms with Gasteiger partial charge in [0.15, 0.2) is 0 Å². The molecule has 2 aromatic heterocycles. The van der Waals surface area contributed by atoms with Crippen molar-refractivity contribution in [2.45, 2.75) is 26.2 Å². The number of pyridine rings is 2. The second kappa shape index (κ2) is 9.14. The monoisotopic (exact) mass is 662 g/mol. The number of aromatic nitrogens is 2. The van der Waals surface area contributed by atoms with Crippen molar-refractivity contribution in [2.24, 2.45) is 0 Å². The minimum Gasteiger partial charge on any atom is -0.506 e. The van der Waals surface area contributed by atoms with Crippen LogP contribution in [0, 0.1) is 24.3 Å². The van der Waals surface area contributed by atoms with Gasteiger partial charge in [0, 0.05) is 38.3 Å². The van der Waals surface area contributed by atoms with Crippen molar-refractivity contribution < 1.29 is 26.2 Å². The second-order valence-corrected chi connectivity index (χ2v) is 9.64. The maximum absolute atomic E-state index is 10.5. The van der Waals surface area contributed by atoms with Gasteiger partial charge in [-0.1, -0.05) is 49.7 Å². The third-order valence-electron chi connectivity index (χ3n) is 7.00. The molecule has 0 saturated heterocycles. The molecule has 6 rings (SSSR count). The summed E-state index contributed by atoms with van der Waals surface area (Å²) in [5.41, 5.74) is 7.60. The SMILES string of the molecule is Cc1ccnc(N2c3[c-]c(-c4ccc5c(C#N)ccc(O)c5n4)ccc3C(C)(C)c3ccccc32)c1.[Pt]. The van der Waals surface area contributed by atoms with Crippen LogP contribution in [0.15, 0.2) is 79.0 Å². The molecule has 3 heterocycles. The number of phenolic OH excluding ortho intramolecular Hbond substituents is 1. The zero-order valence-electron chi connectivity index (χ0n) is 20.6. The van der Waals surface area contributed by atoms with E-state index in [1.54, 1.807) is 6.07 Å². The van der Waals surface area contributed by atoms with Crippen molar-refractivity contribution in [1.82, 2.24) is 9.97 Å². The summed E-state index contributed by atoms with van der Waals surface area (Å²) in [6, 6.07) is 29.3. The molecule has 0 fully saturated rings. The van der Waals surface area contributed by atoms with Crippen LogP contribution in [-0.4, -0.2) is 15.1 Å². The van der Waals surface area contributed by atoms with Crippen LogP contribution in [0.2, 0.25) is 0 Å². The molecule has 5 nitrogen and oxygen atoms in total. The molecule has 1 aliphatic heterocycles. The first kappa shape index (κ1) is 24.7. The van der Waals surface area contributed by atoms with E-state index in [1.807, 2.05) is 36.5 Å². The minimum atomic E-state index is -0.238. The topological polar surface area (TPSA) is 73.0 Å². The fraction of sp³-hybridized carbons (Fsp3) is 0.129. The van der Waals surface area contributed by atoms with E-state index in [2.05, 4.69) is 68.1 Å². The van der Waals surface area contributed by atoms with Gasteiger partial charge in [0.05, 0.1) is 11.6 Å². The molecule has 0 unspecified atom stereocenters. The van der Waals surface area contributed by atoms with E-state index in [-0.39, 0.29) is 32.2 Å². The summed E-state index contributed by atoms with van der Waals surface area (Å²) in [5.74, 6) is 0.875. The van der Waals surface area contributed by atoms with Gasteiger partial charge in [0.25, 0.3) is 0 Å². The van der Waals surface area contributed by atoms with E-state index < -0.39 is 0 Å². The van der Waals surface area contributed by atoms with Crippen LogP contribution in [-0.2, 0) is 26.5 Å². The predicted molar refractivity (Wildman–Crippen MR) is 142 cm³/mol. The van der Waals surface area contributed by atoms with Crippen molar-refractivity contribution in [2.75, 3.05) is 4.90 Å². The molecule has 6 heteroatoms. The first-order valence-electron chi connectivity index (χ1n) is 11.8. The Balaban J connectivity index is 0.00000280. The van der Waals surface area contributed by atoms with Crippen LogP contribution in [0.1, 0.15) is 36.1 Å². The summed E-state index contributed by atoms with van der Waals surface area (Å²) in [6.45, 7) is 6.52. The van der Waals surface area contributed by atoms with Crippen LogP contribution in [0.5, 0.6) is 5.75 Å². The molecule has 184 valence electrons. The number of nitriles is 1. The third kappa shape index (κ3) is 3.89. The van der Waals surface area contributed by atoms with Gasteiger partial charge in [-0.15, -0.1) is 23.8 Å². The minimum absolute atomic E-state index is 0. The number of nitrogens with zero attached hydrogens (tertiary/aromatic N) is 4. The summed E-state index contributed by atoms with van der Waals surface area (Å²) < 4.78 is 0. The Labute approximate surface area is 230 Å². The Kier molecular flexibility index (Phi) is 6.10. The summed E-state index contributed by atoms with van der Waals surface area (Å²) in [4.78, 5) is 11.6. The molecule has 0 aliphatic carbocycles. The molecular weight excluding hydrogens is 639 g/mol. The van der Waals surface area contributed by atoms with Crippen molar-refractivity contribution in [3.05, 3.63) is 107 Å². The average molecular weight is 663 g/mol. The normalized spacial score (nSPS) is 13.3. The smallest absolute Gasteiger partial charge is 0.140 e. The summed E-state index contributed by atoms with van der Waals surface area (Å²) in [5, 5.41) is 20.5. The number of benzene rings is 3. The molecule has 0 radical (unpaired) electrons. The quantitative estimate of drug-likeness (QED) is 0.205. The number of aromatic hydroxyl groups is 1. The molecule has 1 N–H and O–H groups in total. The van der Waals surface area contributed by atoms with Gasteiger partial charge in [-0.05, 0) is 65.2 Å². The number of aryl methyl sites for hydroxylation is 1. The van der Waals surface area contributed by atoms with Gasteiger partial charge in [0.1, 0.15) is 17.1 Å². The summed E-state index contributed by atoms with van der Waals surface area (Å²) >= 11 is 0. The van der Waals surface area contributed by atoms with E-state index in [1.165, 1.54) is 11.6 Å². The maximum atomic E-state index is 10.5. The summed E-state index contributed by atoms with van der Waals surface area (Å²) in [7, 11) is 0. The fourth-order valence-corrected chi connectivity index (χ4v) is 5.11. The molecule has 37 heavy (non-hydrogen) atoms. The zero-order chi connectivity index (χ0) is 25.0. The Bertz CT molecular complexity index is 1720. The largest absolute Gasteiger partial charge is 0.506 e. The molecule has 0 spiro atoms. The van der Waals surface area contributed by atoms with Crippen LogP contribution >= 0.6 is 0 Å². The standard InChI is InChI=1S/C31H23N4O.Pt/c1-19-14-15-33-29(16-19)35-26-7-5-4-6-23(26)31(2,3)24-11-8-20(17-27(24)35)25-12-10-22-21(18-32)9-13-28(36)30(22)34-25;/h4-16,36H,1-3H3;/q-1;.